The lowest BCUT2D eigenvalue weighted by Gasteiger charge is -2.11. The summed E-state index contributed by atoms with van der Waals surface area (Å²) in [6.45, 7) is 0. The summed E-state index contributed by atoms with van der Waals surface area (Å²) in [6.07, 6.45) is 1.82. The van der Waals surface area contributed by atoms with Gasteiger partial charge in [0.2, 0.25) is 5.95 Å². The van der Waals surface area contributed by atoms with Crippen LogP contribution in [0, 0.1) is 0 Å². The highest BCUT2D eigenvalue weighted by atomic mass is 16.3. The summed E-state index contributed by atoms with van der Waals surface area (Å²) in [7, 11) is 0. The molecule has 0 bridgehead atoms. The van der Waals surface area contributed by atoms with Crippen LogP contribution in [0.2, 0.25) is 0 Å². The first-order chi connectivity index (χ1) is 20.8. The number of hydrogen-bond donors (Lipinski definition) is 0. The highest BCUT2D eigenvalue weighted by Crippen LogP contribution is 2.41. The smallest absolute Gasteiger partial charge is 0.238 e. The highest BCUT2D eigenvalue weighted by molar-refractivity contribution is 6.24. The van der Waals surface area contributed by atoms with E-state index in [1.165, 1.54) is 0 Å². The molecule has 0 radical (unpaired) electrons. The molecule has 0 fully saturated rings. The molecule has 196 valence electrons. The van der Waals surface area contributed by atoms with E-state index in [9.17, 15) is 0 Å². The molecule has 0 aliphatic rings. The lowest BCUT2D eigenvalue weighted by Crippen LogP contribution is -2.06. The molecule has 0 N–H and O–H groups in total. The molecule has 0 unspecified atom stereocenters. The van der Waals surface area contributed by atoms with Gasteiger partial charge in [-0.05, 0) is 36.4 Å². The van der Waals surface area contributed by atoms with Gasteiger partial charge in [0.25, 0.3) is 0 Å². The first-order valence-corrected chi connectivity index (χ1v) is 13.8. The molecule has 6 heteroatoms. The van der Waals surface area contributed by atoms with Gasteiger partial charge >= 0.3 is 0 Å². The third-order valence-electron chi connectivity index (χ3n) is 7.90. The minimum Gasteiger partial charge on any atom is -0.454 e. The van der Waals surface area contributed by atoms with Crippen LogP contribution >= 0.6 is 0 Å². The molecule has 4 heterocycles. The van der Waals surface area contributed by atoms with Crippen molar-refractivity contribution in [1.29, 1.82) is 0 Å². The van der Waals surface area contributed by atoms with Crippen LogP contribution in [-0.2, 0) is 0 Å². The molecule has 4 aromatic heterocycles. The molecule has 0 amide bonds. The van der Waals surface area contributed by atoms with Crippen LogP contribution in [0.5, 0.6) is 0 Å². The zero-order valence-corrected chi connectivity index (χ0v) is 22.3. The minimum atomic E-state index is 0.520. The monoisotopic (exact) mass is 539 g/mol. The van der Waals surface area contributed by atoms with Gasteiger partial charge in [-0.25, -0.2) is 4.98 Å². The average molecular weight is 540 g/mol. The predicted octanol–water partition coefficient (Wildman–Crippen LogP) is 8.75. The molecule has 42 heavy (non-hydrogen) atoms. The van der Waals surface area contributed by atoms with Gasteiger partial charge in [0.1, 0.15) is 11.1 Å². The average Bonchev–Trinajstić information content (AvgIpc) is 3.62. The lowest BCUT2D eigenvalue weighted by molar-refractivity contribution is 0.670. The maximum absolute atomic E-state index is 6.59. The Bertz CT molecular complexity index is 2400. The molecule has 9 rings (SSSR count). The van der Waals surface area contributed by atoms with Crippen molar-refractivity contribution in [3.05, 3.63) is 128 Å². The number of furan rings is 1. The Morgan fingerprint density at radius 3 is 1.86 bits per heavy atom. The SMILES string of the molecule is c1ccc(-c2nc(-c3ccccc3)nc(-n3c4c5cccnc5ccc4c4ccc5c6ccccc6oc5c43)n2)cc1. The van der Waals surface area contributed by atoms with Gasteiger partial charge in [-0.3, -0.25) is 9.55 Å². The van der Waals surface area contributed by atoms with E-state index in [0.29, 0.717) is 17.6 Å². The molecule has 0 saturated heterocycles. The van der Waals surface area contributed by atoms with Crippen LogP contribution in [0.3, 0.4) is 0 Å². The van der Waals surface area contributed by atoms with Crippen molar-refractivity contribution in [2.75, 3.05) is 0 Å². The summed E-state index contributed by atoms with van der Waals surface area (Å²) < 4.78 is 8.73. The van der Waals surface area contributed by atoms with E-state index < -0.39 is 0 Å². The third kappa shape index (κ3) is 3.32. The maximum atomic E-state index is 6.59. The fourth-order valence-electron chi connectivity index (χ4n) is 6.02. The van der Waals surface area contributed by atoms with Crippen molar-refractivity contribution >= 4 is 54.6 Å². The van der Waals surface area contributed by atoms with E-state index in [2.05, 4.69) is 45.9 Å². The van der Waals surface area contributed by atoms with Gasteiger partial charge in [0.15, 0.2) is 17.2 Å². The highest BCUT2D eigenvalue weighted by Gasteiger charge is 2.23. The number of nitrogens with zero attached hydrogens (tertiary/aromatic N) is 5. The van der Waals surface area contributed by atoms with Gasteiger partial charge in [-0.2, -0.15) is 9.97 Å². The van der Waals surface area contributed by atoms with Crippen LogP contribution in [0.1, 0.15) is 0 Å². The first kappa shape index (κ1) is 22.9. The zero-order valence-electron chi connectivity index (χ0n) is 22.3. The van der Waals surface area contributed by atoms with Gasteiger partial charge < -0.3 is 4.42 Å². The number of rotatable bonds is 3. The molecule has 0 saturated carbocycles. The van der Waals surface area contributed by atoms with Crippen molar-refractivity contribution in [1.82, 2.24) is 24.5 Å². The number of aromatic nitrogens is 5. The Morgan fingerprint density at radius 2 is 1.10 bits per heavy atom. The van der Waals surface area contributed by atoms with Crippen LogP contribution in [-0.4, -0.2) is 24.5 Å². The summed E-state index contributed by atoms with van der Waals surface area (Å²) in [5.74, 6) is 1.72. The summed E-state index contributed by atoms with van der Waals surface area (Å²) in [6, 6.07) is 40.8. The normalized spacial score (nSPS) is 11.8. The van der Waals surface area contributed by atoms with Crippen molar-refractivity contribution in [3.63, 3.8) is 0 Å². The molecule has 5 aromatic carbocycles. The van der Waals surface area contributed by atoms with Crippen LogP contribution in [0.15, 0.2) is 132 Å². The lowest BCUT2D eigenvalue weighted by atomic mass is 10.1. The Morgan fingerprint density at radius 1 is 0.476 bits per heavy atom. The number of fused-ring (bicyclic) bond motifs is 9. The van der Waals surface area contributed by atoms with E-state index in [-0.39, 0.29) is 0 Å². The van der Waals surface area contributed by atoms with Crippen molar-refractivity contribution in [2.24, 2.45) is 0 Å². The first-order valence-electron chi connectivity index (χ1n) is 13.8. The molecule has 0 atom stereocenters. The van der Waals surface area contributed by atoms with Gasteiger partial charge in [0, 0.05) is 44.3 Å². The summed E-state index contributed by atoms with van der Waals surface area (Å²) in [5.41, 5.74) is 6.26. The van der Waals surface area contributed by atoms with E-state index in [1.807, 2.05) is 91.1 Å². The van der Waals surface area contributed by atoms with Crippen LogP contribution in [0.4, 0.5) is 0 Å². The zero-order chi connectivity index (χ0) is 27.6. The van der Waals surface area contributed by atoms with Crippen LogP contribution in [0.25, 0.3) is 83.4 Å². The summed E-state index contributed by atoms with van der Waals surface area (Å²) in [4.78, 5) is 19.8. The second-order valence-corrected chi connectivity index (χ2v) is 10.3. The summed E-state index contributed by atoms with van der Waals surface area (Å²) in [5, 5.41) is 5.27. The number of pyridine rings is 1. The quantitative estimate of drug-likeness (QED) is 0.224. The fourth-order valence-corrected chi connectivity index (χ4v) is 6.02. The van der Waals surface area contributed by atoms with Crippen molar-refractivity contribution < 1.29 is 4.42 Å². The number of benzene rings is 5. The van der Waals surface area contributed by atoms with Gasteiger partial charge in [0.05, 0.1) is 11.0 Å². The standard InChI is InChI=1S/C36H21N5O/c1-3-10-22(11-4-1)34-38-35(23-12-5-2-6-13-23)40-36(39-34)41-31-25(19-20-29-28(31)15-9-21-37-29)26-17-18-27-24-14-7-8-16-30(24)42-33(27)32(26)41/h1-21H. The van der Waals surface area contributed by atoms with Crippen molar-refractivity contribution in [3.8, 4) is 28.7 Å². The van der Waals surface area contributed by atoms with Crippen LogP contribution < -0.4 is 0 Å². The Balaban J connectivity index is 1.49. The second-order valence-electron chi connectivity index (χ2n) is 10.3. The molecule has 9 aromatic rings. The molecular formula is C36H21N5O. The summed E-state index contributed by atoms with van der Waals surface area (Å²) >= 11 is 0. The van der Waals surface area contributed by atoms with E-state index >= 15 is 0 Å². The largest absolute Gasteiger partial charge is 0.454 e. The van der Waals surface area contributed by atoms with E-state index in [1.54, 1.807) is 0 Å². The second kappa shape index (κ2) is 8.81. The Labute approximate surface area is 239 Å². The van der Waals surface area contributed by atoms with Gasteiger partial charge in [-0.15, -0.1) is 0 Å². The molecule has 0 spiro atoms. The Hall–Kier alpha value is -5.88. The predicted molar refractivity (Wildman–Crippen MR) is 168 cm³/mol. The number of para-hydroxylation sites is 1. The third-order valence-corrected chi connectivity index (χ3v) is 7.90. The molecule has 0 aliphatic heterocycles. The molecule has 0 aliphatic carbocycles. The number of hydrogen-bond acceptors (Lipinski definition) is 5. The topological polar surface area (TPSA) is 69.6 Å². The molecule has 6 nitrogen and oxygen atoms in total. The minimum absolute atomic E-state index is 0.520. The maximum Gasteiger partial charge on any atom is 0.238 e. The van der Waals surface area contributed by atoms with Gasteiger partial charge in [-0.1, -0.05) is 84.9 Å². The van der Waals surface area contributed by atoms with Crippen molar-refractivity contribution in [2.45, 2.75) is 0 Å². The van der Waals surface area contributed by atoms with E-state index in [0.717, 1.165) is 65.8 Å². The fraction of sp³-hybridized carbons (Fsp3) is 0. The Kier molecular flexibility index (Phi) is 4.80. The van der Waals surface area contributed by atoms with E-state index in [4.69, 9.17) is 19.4 Å². The molecular weight excluding hydrogens is 518 g/mol.